The minimum atomic E-state index is -0.370. The highest BCUT2D eigenvalue weighted by atomic mass is 35.5. The van der Waals surface area contributed by atoms with Gasteiger partial charge in [0.2, 0.25) is 0 Å². The van der Waals surface area contributed by atoms with Gasteiger partial charge in [0.15, 0.2) is 5.82 Å². The predicted octanol–water partition coefficient (Wildman–Crippen LogP) is 2.77. The monoisotopic (exact) mass is 299 g/mol. The van der Waals surface area contributed by atoms with Gasteiger partial charge in [0.25, 0.3) is 5.91 Å². The summed E-state index contributed by atoms with van der Waals surface area (Å²) in [4.78, 5) is 19.9. The van der Waals surface area contributed by atoms with Crippen molar-refractivity contribution in [3.63, 3.8) is 0 Å². The molecule has 0 aromatic carbocycles. The third-order valence-corrected chi connectivity index (χ3v) is 3.00. The van der Waals surface area contributed by atoms with Gasteiger partial charge in [0.05, 0.1) is 5.69 Å². The van der Waals surface area contributed by atoms with Crippen LogP contribution in [-0.2, 0) is 0 Å². The third-order valence-electron chi connectivity index (χ3n) is 2.77. The van der Waals surface area contributed by atoms with Gasteiger partial charge in [-0.25, -0.2) is 0 Å². The quantitative estimate of drug-likeness (QED) is 0.779. The number of carbonyl (C=O) groups is 1. The molecule has 104 valence electrons. The Kier molecular flexibility index (Phi) is 3.61. The second-order valence-electron chi connectivity index (χ2n) is 4.22. The van der Waals surface area contributed by atoms with E-state index in [4.69, 9.17) is 11.6 Å². The van der Waals surface area contributed by atoms with Gasteiger partial charge >= 0.3 is 0 Å². The van der Waals surface area contributed by atoms with Gasteiger partial charge < -0.3 is 5.32 Å². The number of H-pyrrole nitrogens is 1. The zero-order valence-corrected chi connectivity index (χ0v) is 11.5. The van der Waals surface area contributed by atoms with Gasteiger partial charge in [-0.2, -0.15) is 5.10 Å². The van der Waals surface area contributed by atoms with E-state index in [1.165, 1.54) is 12.3 Å². The molecule has 0 aliphatic carbocycles. The molecule has 3 aromatic rings. The molecule has 2 N–H and O–H groups in total. The van der Waals surface area contributed by atoms with Crippen LogP contribution in [0, 0.1) is 0 Å². The molecule has 7 heteroatoms. The maximum Gasteiger partial charge on any atom is 0.275 e. The number of anilines is 1. The van der Waals surface area contributed by atoms with Gasteiger partial charge in [-0.3, -0.25) is 19.9 Å². The first-order valence-corrected chi connectivity index (χ1v) is 6.49. The summed E-state index contributed by atoms with van der Waals surface area (Å²) in [6, 6.07) is 8.52. The maximum atomic E-state index is 12.0. The Labute approximate surface area is 125 Å². The van der Waals surface area contributed by atoms with Gasteiger partial charge in [0, 0.05) is 35.2 Å². The fourth-order valence-electron chi connectivity index (χ4n) is 1.77. The van der Waals surface area contributed by atoms with Crippen LogP contribution in [0.5, 0.6) is 0 Å². The number of hydrogen-bond acceptors (Lipinski definition) is 4. The van der Waals surface area contributed by atoms with Gasteiger partial charge in [0.1, 0.15) is 5.69 Å². The summed E-state index contributed by atoms with van der Waals surface area (Å²) in [5, 5.41) is 10.0. The normalized spacial score (nSPS) is 10.3. The number of rotatable bonds is 3. The van der Waals surface area contributed by atoms with Crippen LogP contribution in [0.4, 0.5) is 5.82 Å². The van der Waals surface area contributed by atoms with E-state index in [-0.39, 0.29) is 11.6 Å². The minimum Gasteiger partial charge on any atom is -0.304 e. The molecule has 0 unspecified atom stereocenters. The Hall–Kier alpha value is -2.73. The van der Waals surface area contributed by atoms with Crippen LogP contribution in [-0.4, -0.2) is 26.1 Å². The molecule has 1 amide bonds. The van der Waals surface area contributed by atoms with E-state index in [0.29, 0.717) is 10.8 Å². The average Bonchev–Trinajstić information content (AvgIpc) is 2.97. The topological polar surface area (TPSA) is 83.6 Å². The van der Waals surface area contributed by atoms with E-state index in [0.717, 1.165) is 11.3 Å². The van der Waals surface area contributed by atoms with Crippen molar-refractivity contribution >= 4 is 23.3 Å². The number of nitrogens with one attached hydrogen (secondary N) is 2. The number of aromatic amines is 1. The lowest BCUT2D eigenvalue weighted by Crippen LogP contribution is -2.13. The molecule has 6 nitrogen and oxygen atoms in total. The van der Waals surface area contributed by atoms with Crippen LogP contribution in [0.15, 0.2) is 48.9 Å². The Balaban J connectivity index is 1.77. The fraction of sp³-hybridized carbons (Fsp3) is 0. The summed E-state index contributed by atoms with van der Waals surface area (Å²) in [6.45, 7) is 0. The van der Waals surface area contributed by atoms with Crippen molar-refractivity contribution in [2.24, 2.45) is 0 Å². The zero-order chi connectivity index (χ0) is 14.7. The van der Waals surface area contributed by atoms with E-state index >= 15 is 0 Å². The second-order valence-corrected chi connectivity index (χ2v) is 4.65. The highest BCUT2D eigenvalue weighted by molar-refractivity contribution is 6.30. The summed E-state index contributed by atoms with van der Waals surface area (Å²) in [5.41, 5.74) is 1.95. The summed E-state index contributed by atoms with van der Waals surface area (Å²) in [5.74, 6) is 0.0406. The Morgan fingerprint density at radius 1 is 1.14 bits per heavy atom. The Morgan fingerprint density at radius 3 is 2.71 bits per heavy atom. The number of halogens is 1. The van der Waals surface area contributed by atoms with Crippen LogP contribution in [0.1, 0.15) is 10.5 Å². The summed E-state index contributed by atoms with van der Waals surface area (Å²) in [7, 11) is 0. The van der Waals surface area contributed by atoms with E-state index in [1.807, 2.05) is 12.1 Å². The summed E-state index contributed by atoms with van der Waals surface area (Å²) >= 11 is 5.83. The largest absolute Gasteiger partial charge is 0.304 e. The standard InChI is InChI=1S/C14H10ClN5O/c15-10-3-6-17-12(7-10)14(21)18-13-8-11(19-20-13)9-1-4-16-5-2-9/h1-8H,(H2,18,19,20,21). The van der Waals surface area contributed by atoms with Crippen molar-refractivity contribution in [2.45, 2.75) is 0 Å². The number of nitrogens with zero attached hydrogens (tertiary/aromatic N) is 3. The molecule has 0 aliphatic heterocycles. The fourth-order valence-corrected chi connectivity index (χ4v) is 1.93. The van der Waals surface area contributed by atoms with Gasteiger partial charge in [-0.15, -0.1) is 0 Å². The molecule has 0 bridgehead atoms. The van der Waals surface area contributed by atoms with E-state index in [9.17, 15) is 4.79 Å². The lowest BCUT2D eigenvalue weighted by molar-refractivity contribution is 0.102. The molecule has 3 aromatic heterocycles. The van der Waals surface area contributed by atoms with Crippen LogP contribution in [0.25, 0.3) is 11.3 Å². The van der Waals surface area contributed by atoms with Crippen molar-refractivity contribution in [2.75, 3.05) is 5.32 Å². The number of amides is 1. The molecular weight excluding hydrogens is 290 g/mol. The molecule has 0 spiro atoms. The van der Waals surface area contributed by atoms with Crippen molar-refractivity contribution in [1.82, 2.24) is 20.2 Å². The predicted molar refractivity (Wildman–Crippen MR) is 79.0 cm³/mol. The van der Waals surface area contributed by atoms with E-state index in [2.05, 4.69) is 25.5 Å². The van der Waals surface area contributed by atoms with Crippen LogP contribution in [0.3, 0.4) is 0 Å². The van der Waals surface area contributed by atoms with Crippen molar-refractivity contribution in [3.05, 3.63) is 59.6 Å². The average molecular weight is 300 g/mol. The summed E-state index contributed by atoms with van der Waals surface area (Å²) < 4.78 is 0. The Bertz CT molecular complexity index is 772. The molecule has 3 rings (SSSR count). The van der Waals surface area contributed by atoms with Crippen LogP contribution in [0.2, 0.25) is 5.02 Å². The molecular formula is C14H10ClN5O. The lowest BCUT2D eigenvalue weighted by atomic mass is 10.2. The zero-order valence-electron chi connectivity index (χ0n) is 10.7. The number of pyridine rings is 2. The summed E-state index contributed by atoms with van der Waals surface area (Å²) in [6.07, 6.45) is 4.85. The van der Waals surface area contributed by atoms with Gasteiger partial charge in [-0.05, 0) is 24.3 Å². The van der Waals surface area contributed by atoms with Crippen molar-refractivity contribution < 1.29 is 4.79 Å². The molecule has 3 heterocycles. The third kappa shape index (κ3) is 3.06. The molecule has 0 radical (unpaired) electrons. The SMILES string of the molecule is O=C(Nc1cc(-c2ccncc2)[nH]n1)c1cc(Cl)ccn1. The molecule has 0 atom stereocenters. The molecule has 0 aliphatic rings. The first-order chi connectivity index (χ1) is 10.2. The molecule has 0 saturated carbocycles. The van der Waals surface area contributed by atoms with Crippen LogP contribution >= 0.6 is 11.6 Å². The maximum absolute atomic E-state index is 12.0. The lowest BCUT2D eigenvalue weighted by Gasteiger charge is -2.00. The molecule has 0 saturated heterocycles. The number of hydrogen-bond donors (Lipinski definition) is 2. The first kappa shape index (κ1) is 13.3. The molecule has 0 fully saturated rings. The Morgan fingerprint density at radius 2 is 1.95 bits per heavy atom. The molecule has 21 heavy (non-hydrogen) atoms. The number of aromatic nitrogens is 4. The first-order valence-electron chi connectivity index (χ1n) is 6.11. The highest BCUT2D eigenvalue weighted by Gasteiger charge is 2.10. The number of carbonyl (C=O) groups excluding carboxylic acids is 1. The van der Waals surface area contributed by atoms with Crippen molar-refractivity contribution in [1.29, 1.82) is 0 Å². The smallest absolute Gasteiger partial charge is 0.275 e. The van der Waals surface area contributed by atoms with E-state index < -0.39 is 0 Å². The van der Waals surface area contributed by atoms with Crippen LogP contribution < -0.4 is 5.32 Å². The van der Waals surface area contributed by atoms with E-state index in [1.54, 1.807) is 24.5 Å². The van der Waals surface area contributed by atoms with Crippen molar-refractivity contribution in [3.8, 4) is 11.3 Å². The minimum absolute atomic E-state index is 0.232. The second kappa shape index (κ2) is 5.72. The van der Waals surface area contributed by atoms with Gasteiger partial charge in [-0.1, -0.05) is 11.6 Å². The highest BCUT2D eigenvalue weighted by Crippen LogP contribution is 2.19.